The van der Waals surface area contributed by atoms with Crippen molar-refractivity contribution in [1.82, 2.24) is 4.98 Å². The predicted molar refractivity (Wildman–Crippen MR) is 49.8 cm³/mol. The van der Waals surface area contributed by atoms with Crippen molar-refractivity contribution >= 4 is 11.9 Å². The second-order valence-corrected chi connectivity index (χ2v) is 3.21. The van der Waals surface area contributed by atoms with Gasteiger partial charge in [0.05, 0.1) is 12.1 Å². The Balaban J connectivity index is 2.59. The number of esters is 2. The van der Waals surface area contributed by atoms with E-state index in [2.05, 4.69) is 9.72 Å². The van der Waals surface area contributed by atoms with Crippen LogP contribution in [0.5, 0.6) is 0 Å². The lowest BCUT2D eigenvalue weighted by Crippen LogP contribution is -2.28. The van der Waals surface area contributed by atoms with E-state index in [4.69, 9.17) is 0 Å². The molecule has 0 aromatic carbocycles. The van der Waals surface area contributed by atoms with Crippen LogP contribution in [0.1, 0.15) is 11.4 Å². The largest absolute Gasteiger partial charge is 0.491 e. The number of pyridine rings is 1. The van der Waals surface area contributed by atoms with Crippen molar-refractivity contribution in [1.29, 1.82) is 0 Å². The highest BCUT2D eigenvalue weighted by Crippen LogP contribution is 2.16. The average molecular weight is 247 g/mol. The van der Waals surface area contributed by atoms with E-state index < -0.39 is 24.5 Å². The van der Waals surface area contributed by atoms with Gasteiger partial charge in [0.2, 0.25) is 0 Å². The van der Waals surface area contributed by atoms with Gasteiger partial charge in [0.25, 0.3) is 0 Å². The molecule has 0 saturated heterocycles. The molecule has 0 atom stereocenters. The van der Waals surface area contributed by atoms with Gasteiger partial charge in [-0.05, 0) is 19.1 Å². The van der Waals surface area contributed by atoms with E-state index in [1.165, 1.54) is 6.07 Å². The van der Waals surface area contributed by atoms with E-state index in [-0.39, 0.29) is 5.69 Å². The number of halogens is 3. The van der Waals surface area contributed by atoms with Gasteiger partial charge in [-0.2, -0.15) is 13.2 Å². The van der Waals surface area contributed by atoms with Gasteiger partial charge in [0, 0.05) is 5.69 Å². The molecule has 1 aromatic rings. The highest BCUT2D eigenvalue weighted by molar-refractivity contribution is 5.89. The van der Waals surface area contributed by atoms with Crippen molar-refractivity contribution in [3.05, 3.63) is 29.6 Å². The van der Waals surface area contributed by atoms with Crippen molar-refractivity contribution in [2.45, 2.75) is 19.5 Å². The molecule has 0 saturated carbocycles. The molecule has 0 N–H and O–H groups in total. The van der Waals surface area contributed by atoms with Gasteiger partial charge in [-0.25, -0.2) is 4.79 Å². The molecule has 0 aliphatic rings. The van der Waals surface area contributed by atoms with E-state index in [1.54, 1.807) is 19.1 Å². The Kier molecular flexibility index (Phi) is 3.82. The van der Waals surface area contributed by atoms with E-state index >= 15 is 0 Å². The maximum atomic E-state index is 11.8. The minimum absolute atomic E-state index is 0.241. The number of aryl methyl sites for hydroxylation is 1. The zero-order valence-electron chi connectivity index (χ0n) is 8.75. The fraction of sp³-hybridized carbons (Fsp3) is 0.300. The van der Waals surface area contributed by atoms with Gasteiger partial charge in [-0.1, -0.05) is 6.07 Å². The molecule has 1 aromatic heterocycles. The molecule has 0 aliphatic heterocycles. The molecule has 1 heterocycles. The fourth-order valence-electron chi connectivity index (χ4n) is 1.04. The van der Waals surface area contributed by atoms with Crippen molar-refractivity contribution in [2.24, 2.45) is 0 Å². The van der Waals surface area contributed by atoms with Crippen LogP contribution in [-0.4, -0.2) is 23.1 Å². The highest BCUT2D eigenvalue weighted by Gasteiger charge is 2.42. The zero-order valence-corrected chi connectivity index (χ0v) is 8.75. The molecule has 0 spiro atoms. The first kappa shape index (κ1) is 13.1. The number of rotatable bonds is 2. The van der Waals surface area contributed by atoms with Crippen LogP contribution in [0.3, 0.4) is 0 Å². The lowest BCUT2D eigenvalue weighted by molar-refractivity contribution is -0.201. The summed E-state index contributed by atoms with van der Waals surface area (Å²) in [6.07, 6.45) is -5.65. The number of alkyl halides is 3. The molecule has 0 fully saturated rings. The monoisotopic (exact) mass is 247 g/mol. The van der Waals surface area contributed by atoms with Gasteiger partial charge in [-0.3, -0.25) is 9.78 Å². The molecule has 0 radical (unpaired) electrons. The number of ether oxygens (including phenoxy) is 1. The summed E-state index contributed by atoms with van der Waals surface area (Å²) in [5.41, 5.74) is 0.849. The van der Waals surface area contributed by atoms with E-state index in [1.807, 2.05) is 0 Å². The first-order chi connectivity index (χ1) is 7.79. The van der Waals surface area contributed by atoms with Crippen LogP contribution in [0, 0.1) is 6.92 Å². The normalized spacial score (nSPS) is 11.1. The van der Waals surface area contributed by atoms with Crippen LogP contribution >= 0.6 is 0 Å². The predicted octanol–water partition coefficient (Wildman–Crippen LogP) is 1.56. The first-order valence-electron chi connectivity index (χ1n) is 4.53. The Morgan fingerprint density at radius 3 is 2.53 bits per heavy atom. The van der Waals surface area contributed by atoms with Crippen LogP contribution in [0.25, 0.3) is 0 Å². The zero-order chi connectivity index (χ0) is 13.1. The fourth-order valence-corrected chi connectivity index (χ4v) is 1.04. The number of hydrogen-bond acceptors (Lipinski definition) is 4. The number of hydrogen-bond donors (Lipinski definition) is 0. The molecule has 0 bridgehead atoms. The van der Waals surface area contributed by atoms with Crippen molar-refractivity contribution in [3.63, 3.8) is 0 Å². The Hall–Kier alpha value is -1.92. The third kappa shape index (κ3) is 4.21. The van der Waals surface area contributed by atoms with Gasteiger partial charge in [0.1, 0.15) is 0 Å². The minimum atomic E-state index is -5.17. The number of carbonyl (C=O) groups excluding carboxylic acids is 2. The Morgan fingerprint density at radius 2 is 2.00 bits per heavy atom. The summed E-state index contributed by atoms with van der Waals surface area (Å²) in [5.74, 6) is -3.81. The summed E-state index contributed by atoms with van der Waals surface area (Å²) in [4.78, 5) is 25.2. The lowest BCUT2D eigenvalue weighted by Gasteiger charge is -2.05. The van der Waals surface area contributed by atoms with E-state index in [0.717, 1.165) is 0 Å². The quantitative estimate of drug-likeness (QED) is 0.588. The number of aromatic nitrogens is 1. The Labute approximate surface area is 94.4 Å². The molecular formula is C10H8F3NO3. The van der Waals surface area contributed by atoms with Crippen molar-refractivity contribution in [2.75, 3.05) is 0 Å². The van der Waals surface area contributed by atoms with Crippen LogP contribution in [0.2, 0.25) is 0 Å². The second kappa shape index (κ2) is 4.94. The summed E-state index contributed by atoms with van der Waals surface area (Å²) in [7, 11) is 0. The highest BCUT2D eigenvalue weighted by atomic mass is 19.4. The Morgan fingerprint density at radius 1 is 1.35 bits per heavy atom. The topological polar surface area (TPSA) is 56.3 Å². The van der Waals surface area contributed by atoms with E-state index in [9.17, 15) is 22.8 Å². The molecular weight excluding hydrogens is 239 g/mol. The van der Waals surface area contributed by atoms with Crippen LogP contribution < -0.4 is 0 Å². The summed E-state index contributed by atoms with van der Waals surface area (Å²) in [6, 6.07) is 4.71. The number of nitrogens with zero attached hydrogens (tertiary/aromatic N) is 1. The van der Waals surface area contributed by atoms with Gasteiger partial charge < -0.3 is 4.74 Å². The molecule has 0 aliphatic carbocycles. The van der Waals surface area contributed by atoms with Crippen LogP contribution in [-0.2, 0) is 20.7 Å². The molecule has 4 nitrogen and oxygen atoms in total. The average Bonchev–Trinajstić information content (AvgIpc) is 2.15. The number of carbonyl (C=O) groups is 2. The molecule has 7 heteroatoms. The van der Waals surface area contributed by atoms with Crippen LogP contribution in [0.15, 0.2) is 18.2 Å². The van der Waals surface area contributed by atoms with Crippen molar-refractivity contribution in [3.8, 4) is 0 Å². The molecule has 92 valence electrons. The summed E-state index contributed by atoms with van der Waals surface area (Å²) in [5, 5.41) is 0. The van der Waals surface area contributed by atoms with E-state index in [0.29, 0.717) is 5.69 Å². The SMILES string of the molecule is Cc1cccc(CC(=O)OC(=O)C(F)(F)F)n1. The smallest absolute Gasteiger partial charge is 0.386 e. The second-order valence-electron chi connectivity index (χ2n) is 3.21. The molecule has 1 rings (SSSR count). The maximum Gasteiger partial charge on any atom is 0.491 e. The van der Waals surface area contributed by atoms with Crippen LogP contribution in [0.4, 0.5) is 13.2 Å². The minimum Gasteiger partial charge on any atom is -0.386 e. The third-order valence-electron chi connectivity index (χ3n) is 1.71. The van der Waals surface area contributed by atoms with Crippen molar-refractivity contribution < 1.29 is 27.5 Å². The van der Waals surface area contributed by atoms with Gasteiger partial charge >= 0.3 is 18.1 Å². The molecule has 17 heavy (non-hydrogen) atoms. The Bertz CT molecular complexity index is 443. The molecule has 0 amide bonds. The lowest BCUT2D eigenvalue weighted by atomic mass is 10.2. The summed E-state index contributed by atoms with van der Waals surface area (Å²) in [6.45, 7) is 1.66. The molecule has 0 unspecified atom stereocenters. The maximum absolute atomic E-state index is 11.8. The third-order valence-corrected chi connectivity index (χ3v) is 1.71. The van der Waals surface area contributed by atoms with Gasteiger partial charge in [-0.15, -0.1) is 0 Å². The summed E-state index contributed by atoms with van der Waals surface area (Å²) < 4.78 is 38.9. The summed E-state index contributed by atoms with van der Waals surface area (Å²) >= 11 is 0. The standard InChI is InChI=1S/C10H8F3NO3/c1-6-3-2-4-7(14-6)5-8(15)17-9(16)10(11,12)13/h2-4H,5H2,1H3. The van der Waals surface area contributed by atoms with Gasteiger partial charge in [0.15, 0.2) is 0 Å². The first-order valence-corrected chi connectivity index (χ1v) is 4.53.